The number of furan rings is 1. The Hall–Kier alpha value is -4.62. The highest BCUT2D eigenvalue weighted by atomic mass is 16.3. The largest absolute Gasteiger partial charge is 0.456 e. The van der Waals surface area contributed by atoms with Crippen LogP contribution in [0.15, 0.2) is 138 Å². The number of rotatable bonds is 4. The van der Waals surface area contributed by atoms with Crippen LogP contribution >= 0.6 is 0 Å². The van der Waals surface area contributed by atoms with Crippen LogP contribution in [-0.4, -0.2) is 0 Å². The van der Waals surface area contributed by atoms with Crippen LogP contribution in [0.3, 0.4) is 0 Å². The van der Waals surface area contributed by atoms with E-state index in [-0.39, 0.29) is 64.6 Å². The molecular weight excluding hydrogens is 436 g/mol. The number of fused-ring (bicyclic) bond motifs is 4. The monoisotopic (exact) mass is 466 g/mol. The van der Waals surface area contributed by atoms with Crippen LogP contribution in [0.25, 0.3) is 55.0 Å². The second-order valence-corrected chi connectivity index (χ2v) is 8.83. The molecule has 1 heterocycles. The van der Waals surface area contributed by atoms with Gasteiger partial charge in [-0.15, -0.1) is 0 Å². The van der Waals surface area contributed by atoms with Crippen molar-refractivity contribution in [1.82, 2.24) is 0 Å². The zero-order valence-electron chi connectivity index (χ0n) is 25.4. The second-order valence-electron chi connectivity index (χ2n) is 8.83. The van der Waals surface area contributed by atoms with Gasteiger partial charge < -0.3 is 4.42 Å². The highest BCUT2D eigenvalue weighted by molar-refractivity contribution is 6.13. The Balaban J connectivity index is 1.48. The summed E-state index contributed by atoms with van der Waals surface area (Å²) in [6.45, 7) is 0. The van der Waals surface area contributed by atoms with E-state index >= 15 is 0 Å². The van der Waals surface area contributed by atoms with Crippen LogP contribution < -0.4 is 0 Å². The first kappa shape index (κ1) is 15.4. The van der Waals surface area contributed by atoms with Gasteiger partial charge in [0.05, 0.1) is 8.22 Å². The molecule has 0 spiro atoms. The van der Waals surface area contributed by atoms with Crippen LogP contribution in [0.1, 0.15) is 19.4 Å². The van der Waals surface area contributed by atoms with E-state index in [1.165, 1.54) is 0 Å². The lowest BCUT2D eigenvalue weighted by atomic mass is 9.94. The molecule has 0 saturated heterocycles. The van der Waals surface area contributed by atoms with Crippen molar-refractivity contribution in [2.75, 3.05) is 0 Å². The molecule has 0 fully saturated rings. The molecule has 6 aromatic carbocycles. The van der Waals surface area contributed by atoms with Gasteiger partial charge in [0, 0.05) is 10.8 Å². The summed E-state index contributed by atoms with van der Waals surface area (Å²) in [5.74, 6) is 0. The predicted molar refractivity (Wildman–Crippen MR) is 151 cm³/mol. The van der Waals surface area contributed by atoms with Gasteiger partial charge in [0.25, 0.3) is 0 Å². The fraction of sp³-hybridized carbons (Fsp3) is 0.0286. The Morgan fingerprint density at radius 1 is 0.528 bits per heavy atom. The molecule has 0 saturated carbocycles. The van der Waals surface area contributed by atoms with Gasteiger partial charge in [-0.05, 0) is 68.7 Å². The van der Waals surface area contributed by atoms with Crippen molar-refractivity contribution in [2.24, 2.45) is 0 Å². The maximum atomic E-state index is 9.13. The number of hydrogen-bond donors (Lipinski definition) is 0. The van der Waals surface area contributed by atoms with Gasteiger partial charge in [-0.1, -0.05) is 115 Å². The molecule has 0 atom stereocenters. The zero-order chi connectivity index (χ0) is 29.1. The molecule has 36 heavy (non-hydrogen) atoms. The van der Waals surface area contributed by atoms with Gasteiger partial charge in [0.15, 0.2) is 0 Å². The minimum atomic E-state index is -0.210. The molecule has 1 nitrogen and oxygen atoms in total. The van der Waals surface area contributed by atoms with Gasteiger partial charge in [0.2, 0.25) is 0 Å². The number of hydrogen-bond acceptors (Lipinski definition) is 1. The van der Waals surface area contributed by atoms with E-state index in [4.69, 9.17) is 12.6 Å². The van der Waals surface area contributed by atoms with Crippen molar-refractivity contribution >= 4 is 32.7 Å². The van der Waals surface area contributed by atoms with Crippen molar-refractivity contribution in [3.63, 3.8) is 0 Å². The summed E-state index contributed by atoms with van der Waals surface area (Å²) in [6, 6.07) is 29.7. The van der Waals surface area contributed by atoms with Crippen LogP contribution in [-0.2, 0) is 6.42 Å². The predicted octanol–water partition coefficient (Wildman–Crippen LogP) is 9.66. The molecule has 0 radical (unpaired) electrons. The van der Waals surface area contributed by atoms with E-state index in [9.17, 15) is 0 Å². The number of benzene rings is 6. The van der Waals surface area contributed by atoms with E-state index < -0.39 is 0 Å². The van der Waals surface area contributed by atoms with Gasteiger partial charge in [0.1, 0.15) is 11.2 Å². The molecule has 0 aliphatic rings. The molecule has 170 valence electrons. The summed E-state index contributed by atoms with van der Waals surface area (Å²) in [5.41, 5.74) is 5.42. The van der Waals surface area contributed by atoms with E-state index in [1.54, 1.807) is 24.3 Å². The van der Waals surface area contributed by atoms with Gasteiger partial charge in [-0.2, -0.15) is 0 Å². The fourth-order valence-electron chi connectivity index (χ4n) is 4.89. The summed E-state index contributed by atoms with van der Waals surface area (Å²) < 4.78 is 59.7. The summed E-state index contributed by atoms with van der Waals surface area (Å²) in [7, 11) is 0. The Morgan fingerprint density at radius 3 is 2.00 bits per heavy atom. The van der Waals surface area contributed by atoms with Crippen LogP contribution in [0.4, 0.5) is 0 Å². The average molecular weight is 467 g/mol. The minimum absolute atomic E-state index is 0.0620. The SMILES string of the molecule is [2H]c1c(-c2ccccc2)c([2H])c2c([2H])c([2H])c(Cc3cccc4oc5cccc(-c6ccccc6)c5c34)c([2H])c2c1[2H]. The van der Waals surface area contributed by atoms with Crippen molar-refractivity contribution in [1.29, 1.82) is 0 Å². The molecular formula is C35H24O. The van der Waals surface area contributed by atoms with Crippen molar-refractivity contribution in [2.45, 2.75) is 6.42 Å². The third-order valence-corrected chi connectivity index (χ3v) is 6.55. The Kier molecular flexibility index (Phi) is 3.66. The Labute approximate surface area is 218 Å². The molecule has 0 N–H and O–H groups in total. The summed E-state index contributed by atoms with van der Waals surface area (Å²) in [4.78, 5) is 0. The lowest BCUT2D eigenvalue weighted by Crippen LogP contribution is -1.90. The molecule has 0 unspecified atom stereocenters. The highest BCUT2D eigenvalue weighted by Gasteiger charge is 2.15. The Bertz CT molecular complexity index is 2170. The smallest absolute Gasteiger partial charge is 0.136 e. The maximum Gasteiger partial charge on any atom is 0.136 e. The van der Waals surface area contributed by atoms with Gasteiger partial charge >= 0.3 is 0 Å². The summed E-state index contributed by atoms with van der Waals surface area (Å²) in [5, 5.41) is 1.95. The average Bonchev–Trinajstić information content (AvgIpc) is 3.41. The molecule has 7 aromatic rings. The van der Waals surface area contributed by atoms with E-state index in [1.807, 2.05) is 66.7 Å². The zero-order valence-corrected chi connectivity index (χ0v) is 19.4. The van der Waals surface area contributed by atoms with Crippen LogP contribution in [0.5, 0.6) is 0 Å². The lowest BCUT2D eigenvalue weighted by molar-refractivity contribution is 0.669. The normalized spacial score (nSPS) is 13.8. The standard InChI is InChI=1S/C35H24O/c1-3-9-25(10-4-1)28-20-19-27-21-24(17-18-29(27)23-28)22-30-13-7-15-32-34(30)35-31(14-8-16-33(35)36-32)26-11-5-2-6-12-26/h1-21,23H,22H2/i17D,18D,19D,20D,21D,23D. The molecule has 0 bridgehead atoms. The van der Waals surface area contributed by atoms with Crippen molar-refractivity contribution < 1.29 is 12.6 Å². The van der Waals surface area contributed by atoms with E-state index in [0.717, 1.165) is 33.0 Å². The molecule has 1 aromatic heterocycles. The molecule has 1 heteroatoms. The van der Waals surface area contributed by atoms with E-state index in [0.29, 0.717) is 11.1 Å². The third kappa shape index (κ3) is 3.57. The van der Waals surface area contributed by atoms with Crippen molar-refractivity contribution in [3.8, 4) is 22.3 Å². The van der Waals surface area contributed by atoms with Crippen LogP contribution in [0, 0.1) is 0 Å². The quantitative estimate of drug-likeness (QED) is 0.252. The minimum Gasteiger partial charge on any atom is -0.456 e. The van der Waals surface area contributed by atoms with Gasteiger partial charge in [-0.3, -0.25) is 0 Å². The van der Waals surface area contributed by atoms with Gasteiger partial charge in [-0.25, -0.2) is 0 Å². The first-order valence-electron chi connectivity index (χ1n) is 14.9. The Morgan fingerprint density at radius 2 is 1.19 bits per heavy atom. The first-order valence-corrected chi connectivity index (χ1v) is 11.9. The summed E-state index contributed by atoms with van der Waals surface area (Å²) >= 11 is 0. The fourth-order valence-corrected chi connectivity index (χ4v) is 4.89. The molecule has 0 amide bonds. The molecule has 0 aliphatic carbocycles. The topological polar surface area (TPSA) is 13.1 Å². The molecule has 0 aliphatic heterocycles. The summed E-state index contributed by atoms with van der Waals surface area (Å²) in [6.07, 6.45) is 0.162. The lowest BCUT2D eigenvalue weighted by Gasteiger charge is -2.09. The van der Waals surface area contributed by atoms with Crippen LogP contribution in [0.2, 0.25) is 0 Å². The highest BCUT2D eigenvalue weighted by Crippen LogP contribution is 2.39. The van der Waals surface area contributed by atoms with E-state index in [2.05, 4.69) is 6.07 Å². The third-order valence-electron chi connectivity index (χ3n) is 6.55. The first-order chi connectivity index (χ1) is 20.4. The van der Waals surface area contributed by atoms with Crippen molar-refractivity contribution in [3.05, 3.63) is 144 Å². The molecule has 7 rings (SSSR count). The second kappa shape index (κ2) is 8.55. The maximum absolute atomic E-state index is 9.13.